The van der Waals surface area contributed by atoms with Gasteiger partial charge < -0.3 is 15.2 Å². The van der Waals surface area contributed by atoms with E-state index >= 15 is 0 Å². The lowest BCUT2D eigenvalue weighted by Crippen LogP contribution is -2.24. The lowest BCUT2D eigenvalue weighted by molar-refractivity contribution is 0.0951. The summed E-state index contributed by atoms with van der Waals surface area (Å²) in [5, 5.41) is 0. The van der Waals surface area contributed by atoms with Crippen molar-refractivity contribution in [2.45, 2.75) is 58.9 Å². The Labute approximate surface area is 183 Å². The second-order valence-electron chi connectivity index (χ2n) is 9.41. The Morgan fingerprint density at radius 1 is 0.828 bits per heavy atom. The van der Waals surface area contributed by atoms with Crippen molar-refractivity contribution in [3.05, 3.63) is 65.7 Å². The molecule has 2 rings (SSSR count). The fourth-order valence-corrected chi connectivity index (χ4v) is 3.83. The quantitative estimate of drug-likeness (QED) is 0.459. The molecule has 1 atom stereocenters. The molecule has 162 valence electrons. The highest BCUT2D eigenvalue weighted by molar-refractivity contribution is 5.85. The van der Waals surface area contributed by atoms with Crippen LogP contribution in [0.2, 0.25) is 0 Å². The fourth-order valence-electron chi connectivity index (χ4n) is 3.83. The van der Waals surface area contributed by atoms with Gasteiger partial charge in [-0.3, -0.25) is 0 Å². The maximum absolute atomic E-state index is 6.18. The Hall–Kier alpha value is -1.55. The molecule has 0 amide bonds. The zero-order valence-electron chi connectivity index (χ0n) is 18.6. The lowest BCUT2D eigenvalue weighted by Gasteiger charge is -2.33. The van der Waals surface area contributed by atoms with Gasteiger partial charge in [-0.1, -0.05) is 77.1 Å². The number of rotatable bonds is 10. The highest BCUT2D eigenvalue weighted by Gasteiger charge is 2.27. The van der Waals surface area contributed by atoms with Gasteiger partial charge in [0.25, 0.3) is 0 Å². The van der Waals surface area contributed by atoms with Crippen molar-refractivity contribution in [3.8, 4) is 5.75 Å². The van der Waals surface area contributed by atoms with Gasteiger partial charge in [0.15, 0.2) is 0 Å². The molecule has 2 aromatic rings. The third-order valence-electron chi connectivity index (χ3n) is 4.91. The first-order valence-corrected chi connectivity index (χ1v) is 10.3. The summed E-state index contributed by atoms with van der Waals surface area (Å²) in [5.74, 6) is 0.889. The molecule has 0 bridgehead atoms. The molecule has 0 fully saturated rings. The van der Waals surface area contributed by atoms with E-state index in [2.05, 4.69) is 71.0 Å². The average molecular weight is 420 g/mol. The van der Waals surface area contributed by atoms with Crippen LogP contribution in [-0.4, -0.2) is 19.8 Å². The first-order chi connectivity index (χ1) is 13.2. The third-order valence-corrected chi connectivity index (χ3v) is 4.91. The van der Waals surface area contributed by atoms with Crippen LogP contribution in [0.15, 0.2) is 54.6 Å². The van der Waals surface area contributed by atoms with Crippen LogP contribution in [0, 0.1) is 5.41 Å². The molecule has 0 saturated carbocycles. The largest absolute Gasteiger partial charge is 0.491 e. The summed E-state index contributed by atoms with van der Waals surface area (Å²) in [7, 11) is 0. The van der Waals surface area contributed by atoms with Gasteiger partial charge in [-0.05, 0) is 46.9 Å². The van der Waals surface area contributed by atoms with Gasteiger partial charge in [0.05, 0.1) is 6.61 Å². The van der Waals surface area contributed by atoms with Crippen LogP contribution in [0.5, 0.6) is 5.75 Å². The maximum atomic E-state index is 6.18. The van der Waals surface area contributed by atoms with Crippen molar-refractivity contribution in [1.82, 2.24) is 0 Å². The SMILES string of the molecule is CC(C)(C)CC(C)(C)c1ccc(OCCOCCC(N)c2ccccc2)cc1.Cl. The van der Waals surface area contributed by atoms with E-state index in [9.17, 15) is 0 Å². The minimum atomic E-state index is 0. The van der Waals surface area contributed by atoms with Crippen molar-refractivity contribution in [2.24, 2.45) is 11.1 Å². The van der Waals surface area contributed by atoms with Crippen LogP contribution < -0.4 is 10.5 Å². The Balaban J connectivity index is 0.00000420. The molecule has 0 saturated heterocycles. The van der Waals surface area contributed by atoms with Gasteiger partial charge in [-0.15, -0.1) is 12.4 Å². The monoisotopic (exact) mass is 419 g/mol. The molecule has 3 nitrogen and oxygen atoms in total. The van der Waals surface area contributed by atoms with Crippen LogP contribution in [0.3, 0.4) is 0 Å². The fraction of sp³-hybridized carbons (Fsp3) is 0.520. The summed E-state index contributed by atoms with van der Waals surface area (Å²) < 4.78 is 11.5. The van der Waals surface area contributed by atoms with Gasteiger partial charge in [0.2, 0.25) is 0 Å². The molecule has 0 heterocycles. The minimum absolute atomic E-state index is 0. The van der Waals surface area contributed by atoms with Gasteiger partial charge >= 0.3 is 0 Å². The van der Waals surface area contributed by atoms with Crippen molar-refractivity contribution >= 4 is 12.4 Å². The van der Waals surface area contributed by atoms with Crippen molar-refractivity contribution < 1.29 is 9.47 Å². The minimum Gasteiger partial charge on any atom is -0.491 e. The van der Waals surface area contributed by atoms with Gasteiger partial charge in [-0.2, -0.15) is 0 Å². The highest BCUT2D eigenvalue weighted by Crippen LogP contribution is 2.36. The molecule has 0 radical (unpaired) electrons. The van der Waals surface area contributed by atoms with E-state index in [1.165, 1.54) is 5.56 Å². The van der Waals surface area contributed by atoms with Crippen LogP contribution in [0.1, 0.15) is 64.6 Å². The Kier molecular flexibility index (Phi) is 10.2. The maximum Gasteiger partial charge on any atom is 0.119 e. The smallest absolute Gasteiger partial charge is 0.119 e. The molecule has 0 aliphatic carbocycles. The Bertz CT molecular complexity index is 693. The van der Waals surface area contributed by atoms with E-state index in [-0.39, 0.29) is 23.9 Å². The zero-order chi connectivity index (χ0) is 20.6. The van der Waals surface area contributed by atoms with E-state index in [0.29, 0.717) is 25.2 Å². The molecule has 4 heteroatoms. The topological polar surface area (TPSA) is 44.5 Å². The van der Waals surface area contributed by atoms with E-state index in [1.807, 2.05) is 18.2 Å². The van der Waals surface area contributed by atoms with E-state index in [0.717, 1.165) is 24.2 Å². The van der Waals surface area contributed by atoms with Crippen molar-refractivity contribution in [3.63, 3.8) is 0 Å². The molecule has 29 heavy (non-hydrogen) atoms. The molecule has 1 unspecified atom stereocenters. The third kappa shape index (κ3) is 9.20. The number of benzene rings is 2. The van der Waals surface area contributed by atoms with E-state index < -0.39 is 0 Å². The van der Waals surface area contributed by atoms with Crippen LogP contribution in [-0.2, 0) is 10.2 Å². The number of hydrogen-bond acceptors (Lipinski definition) is 3. The predicted molar refractivity (Wildman–Crippen MR) is 125 cm³/mol. The molecule has 0 aliphatic rings. The first kappa shape index (κ1) is 25.5. The van der Waals surface area contributed by atoms with E-state index in [1.54, 1.807) is 0 Å². The first-order valence-electron chi connectivity index (χ1n) is 10.3. The van der Waals surface area contributed by atoms with Gasteiger partial charge in [-0.25, -0.2) is 0 Å². The van der Waals surface area contributed by atoms with Crippen LogP contribution in [0.25, 0.3) is 0 Å². The van der Waals surface area contributed by atoms with Gasteiger partial charge in [0.1, 0.15) is 12.4 Å². The van der Waals surface area contributed by atoms with Crippen LogP contribution >= 0.6 is 12.4 Å². The zero-order valence-corrected chi connectivity index (χ0v) is 19.4. The summed E-state index contributed by atoms with van der Waals surface area (Å²) in [4.78, 5) is 0. The van der Waals surface area contributed by atoms with Gasteiger partial charge in [0, 0.05) is 12.6 Å². The molecule has 2 N–H and O–H groups in total. The molecule has 0 spiro atoms. The highest BCUT2D eigenvalue weighted by atomic mass is 35.5. The average Bonchev–Trinajstić information content (AvgIpc) is 2.63. The number of halogens is 1. The Morgan fingerprint density at radius 2 is 1.45 bits per heavy atom. The summed E-state index contributed by atoms with van der Waals surface area (Å²) in [5.41, 5.74) is 9.13. The standard InChI is InChI=1S/C25H37NO2.ClH/c1-24(2,3)19-25(4,5)21-11-13-22(14-12-21)28-18-17-27-16-15-23(26)20-9-7-6-8-10-20;/h6-14,23H,15-19,26H2,1-5H3;1H. The number of nitrogens with two attached hydrogens (primary N) is 1. The normalized spacial score (nSPS) is 12.9. The summed E-state index contributed by atoms with van der Waals surface area (Å²) in [6.45, 7) is 13.2. The predicted octanol–water partition coefficient (Wildman–Crippen LogP) is 6.31. The molecular weight excluding hydrogens is 382 g/mol. The van der Waals surface area contributed by atoms with Crippen molar-refractivity contribution in [1.29, 1.82) is 0 Å². The lowest BCUT2D eigenvalue weighted by atomic mass is 9.72. The number of hydrogen-bond donors (Lipinski definition) is 1. The second-order valence-corrected chi connectivity index (χ2v) is 9.41. The Morgan fingerprint density at radius 3 is 2.03 bits per heavy atom. The molecule has 0 aliphatic heterocycles. The molecule has 0 aromatic heterocycles. The molecule has 2 aromatic carbocycles. The van der Waals surface area contributed by atoms with Crippen molar-refractivity contribution in [2.75, 3.05) is 19.8 Å². The molecular formula is C25H38ClNO2. The second kappa shape index (κ2) is 11.6. The van der Waals surface area contributed by atoms with Crippen LogP contribution in [0.4, 0.5) is 0 Å². The van der Waals surface area contributed by atoms with E-state index in [4.69, 9.17) is 15.2 Å². The summed E-state index contributed by atoms with van der Waals surface area (Å²) >= 11 is 0. The summed E-state index contributed by atoms with van der Waals surface area (Å²) in [6.07, 6.45) is 1.95. The summed E-state index contributed by atoms with van der Waals surface area (Å²) in [6, 6.07) is 18.6. The number of ether oxygens (including phenoxy) is 2.